The van der Waals surface area contributed by atoms with Gasteiger partial charge in [0.05, 0.1) is 0 Å². The Hall–Kier alpha value is -3.00. The van der Waals surface area contributed by atoms with Gasteiger partial charge in [-0.05, 0) is 148 Å². The van der Waals surface area contributed by atoms with Crippen LogP contribution in [0.1, 0.15) is 199 Å². The summed E-state index contributed by atoms with van der Waals surface area (Å²) in [6.07, 6.45) is 32.4. The van der Waals surface area contributed by atoms with Gasteiger partial charge in [-0.15, -0.1) is 0 Å². The molecule has 0 spiro atoms. The van der Waals surface area contributed by atoms with Crippen LogP contribution in [-0.2, 0) is 0 Å². The summed E-state index contributed by atoms with van der Waals surface area (Å²) in [5.41, 5.74) is 10.4. The Morgan fingerprint density at radius 3 is 1.85 bits per heavy atom. The fourth-order valence-electron chi connectivity index (χ4n) is 8.62. The topological polar surface area (TPSA) is 34.1 Å². The number of carbonyl (C=O) groups is 2. The van der Waals surface area contributed by atoms with Crippen molar-refractivity contribution in [2.24, 2.45) is 23.2 Å². The molecule has 1 aromatic rings. The zero-order valence-electron chi connectivity index (χ0n) is 35.8. The molecule has 53 heavy (non-hydrogen) atoms. The highest BCUT2D eigenvalue weighted by atomic mass is 16.1. The normalized spacial score (nSPS) is 19.7. The quantitative estimate of drug-likeness (QED) is 0.112. The summed E-state index contributed by atoms with van der Waals surface area (Å²) in [4.78, 5) is 25.8. The smallest absolute Gasteiger partial charge is 0.190 e. The molecule has 2 aliphatic rings. The van der Waals surface area contributed by atoms with Gasteiger partial charge in [-0.25, -0.2) is 0 Å². The summed E-state index contributed by atoms with van der Waals surface area (Å²) >= 11 is 0. The molecule has 0 aliphatic heterocycles. The van der Waals surface area contributed by atoms with Gasteiger partial charge in [0.15, 0.2) is 11.6 Å². The summed E-state index contributed by atoms with van der Waals surface area (Å²) < 4.78 is 0. The van der Waals surface area contributed by atoms with Crippen molar-refractivity contribution in [2.75, 3.05) is 0 Å². The zero-order valence-corrected chi connectivity index (χ0v) is 35.8. The minimum absolute atomic E-state index is 0.00774. The molecule has 0 N–H and O–H groups in total. The van der Waals surface area contributed by atoms with Crippen LogP contribution in [0.3, 0.4) is 0 Å². The van der Waals surface area contributed by atoms with Crippen LogP contribution >= 0.6 is 0 Å². The van der Waals surface area contributed by atoms with E-state index in [1.807, 2.05) is 12.1 Å². The largest absolute Gasteiger partial charge is 0.289 e. The van der Waals surface area contributed by atoms with E-state index in [2.05, 4.69) is 92.7 Å². The van der Waals surface area contributed by atoms with E-state index in [9.17, 15) is 9.59 Å². The van der Waals surface area contributed by atoms with E-state index >= 15 is 0 Å². The van der Waals surface area contributed by atoms with E-state index in [4.69, 9.17) is 0 Å². The molecule has 1 aromatic carbocycles. The van der Waals surface area contributed by atoms with Crippen molar-refractivity contribution >= 4 is 11.6 Å². The highest BCUT2D eigenvalue weighted by Crippen LogP contribution is 2.43. The summed E-state index contributed by atoms with van der Waals surface area (Å²) in [5.74, 6) is 2.27. The van der Waals surface area contributed by atoms with Crippen LogP contribution in [-0.4, -0.2) is 11.6 Å². The molecule has 3 rings (SSSR count). The maximum atomic E-state index is 13.0. The molecule has 0 fully saturated rings. The van der Waals surface area contributed by atoms with Crippen molar-refractivity contribution in [1.29, 1.82) is 0 Å². The molecule has 3 atom stereocenters. The van der Waals surface area contributed by atoms with Crippen molar-refractivity contribution in [2.45, 2.75) is 178 Å². The van der Waals surface area contributed by atoms with Crippen molar-refractivity contribution in [1.82, 2.24) is 0 Å². The van der Waals surface area contributed by atoms with Crippen LogP contribution in [0.15, 0.2) is 93.7 Å². The summed E-state index contributed by atoms with van der Waals surface area (Å²) in [6, 6.07) is 7.20. The summed E-state index contributed by atoms with van der Waals surface area (Å²) in [6.45, 7) is 23.0. The molecule has 0 bridgehead atoms. The monoisotopic (exact) mass is 721 g/mol. The van der Waals surface area contributed by atoms with Gasteiger partial charge >= 0.3 is 0 Å². The van der Waals surface area contributed by atoms with Crippen LogP contribution < -0.4 is 0 Å². The molecule has 2 heteroatoms. The van der Waals surface area contributed by atoms with Gasteiger partial charge < -0.3 is 0 Å². The minimum Gasteiger partial charge on any atom is -0.289 e. The third-order valence-electron chi connectivity index (χ3n) is 12.6. The molecule has 0 aromatic heterocycles. The number of rotatable bonds is 22. The SMILES string of the molecule is CC(=CCCC(C)=CCCC(C)CCCC(C)CCCC(C)=CCC1=C(C)C(=O)c2ccccc2C1=O)CCC=C(C)CCC1C(C)=CCCC1(C)C. The highest BCUT2D eigenvalue weighted by molar-refractivity contribution is 6.26. The van der Waals surface area contributed by atoms with E-state index < -0.39 is 0 Å². The van der Waals surface area contributed by atoms with Gasteiger partial charge in [0.25, 0.3) is 0 Å². The Balaban J connectivity index is 1.23. The zero-order chi connectivity index (χ0) is 39.0. The van der Waals surface area contributed by atoms with Crippen molar-refractivity contribution in [3.8, 4) is 0 Å². The third kappa shape index (κ3) is 15.0. The Labute approximate surface area is 326 Å². The van der Waals surface area contributed by atoms with Crippen LogP contribution in [0, 0.1) is 23.2 Å². The minimum atomic E-state index is -0.00774. The van der Waals surface area contributed by atoms with E-state index in [0.717, 1.165) is 30.6 Å². The van der Waals surface area contributed by atoms with Gasteiger partial charge in [-0.1, -0.05) is 136 Å². The molecular weight excluding hydrogens is 645 g/mol. The number of ketones is 2. The molecule has 0 heterocycles. The molecule has 0 saturated heterocycles. The second-order valence-electron chi connectivity index (χ2n) is 18.0. The van der Waals surface area contributed by atoms with Crippen molar-refractivity contribution in [3.05, 3.63) is 105 Å². The van der Waals surface area contributed by atoms with Crippen molar-refractivity contribution in [3.63, 3.8) is 0 Å². The molecule has 2 aliphatic carbocycles. The lowest BCUT2D eigenvalue weighted by Gasteiger charge is -2.38. The van der Waals surface area contributed by atoms with Gasteiger partial charge in [-0.2, -0.15) is 0 Å². The fourth-order valence-corrected chi connectivity index (χ4v) is 8.62. The Morgan fingerprint density at radius 1 is 0.698 bits per heavy atom. The van der Waals surface area contributed by atoms with Gasteiger partial charge in [0.2, 0.25) is 0 Å². The fraction of sp³-hybridized carbons (Fsp3) is 0.608. The Bertz CT molecular complexity index is 1550. The van der Waals surface area contributed by atoms with E-state index in [-0.39, 0.29) is 11.6 Å². The van der Waals surface area contributed by atoms with Gasteiger partial charge in [0.1, 0.15) is 0 Å². The van der Waals surface area contributed by atoms with E-state index in [1.165, 1.54) is 101 Å². The second-order valence-corrected chi connectivity index (χ2v) is 18.0. The Kier molecular flexibility index (Phi) is 18.8. The molecule has 0 radical (unpaired) electrons. The van der Waals surface area contributed by atoms with Crippen molar-refractivity contribution < 1.29 is 9.59 Å². The van der Waals surface area contributed by atoms with Crippen LogP contribution in [0.4, 0.5) is 0 Å². The first-order valence-electron chi connectivity index (χ1n) is 21.4. The average molecular weight is 721 g/mol. The predicted molar refractivity (Wildman–Crippen MR) is 231 cm³/mol. The lowest BCUT2D eigenvalue weighted by molar-refractivity contribution is 0.0973. The Morgan fingerprint density at radius 2 is 1.23 bits per heavy atom. The van der Waals surface area contributed by atoms with Crippen LogP contribution in [0.2, 0.25) is 0 Å². The van der Waals surface area contributed by atoms with Gasteiger partial charge in [0, 0.05) is 22.3 Å². The maximum Gasteiger partial charge on any atom is 0.190 e. The number of Topliss-reactive ketones (excluding diaryl/α,β-unsaturated/α-hetero) is 2. The molecule has 3 unspecified atom stereocenters. The molecule has 292 valence electrons. The molecular formula is C51H76O2. The number of hydrogen-bond donors (Lipinski definition) is 0. The van der Waals surface area contributed by atoms with E-state index in [1.54, 1.807) is 35.8 Å². The molecule has 2 nitrogen and oxygen atoms in total. The predicted octanol–water partition coefficient (Wildman–Crippen LogP) is 15.7. The number of hydrogen-bond acceptors (Lipinski definition) is 2. The maximum absolute atomic E-state index is 13.0. The van der Waals surface area contributed by atoms with Crippen LogP contribution in [0.25, 0.3) is 0 Å². The molecule has 0 amide bonds. The first-order valence-corrected chi connectivity index (χ1v) is 21.4. The summed E-state index contributed by atoms with van der Waals surface area (Å²) in [7, 11) is 0. The number of carbonyl (C=O) groups excluding carboxylic acids is 2. The average Bonchev–Trinajstić information content (AvgIpc) is 3.10. The lowest BCUT2D eigenvalue weighted by atomic mass is 9.67. The number of allylic oxidation sites excluding steroid dienone is 12. The first kappa shape index (κ1) is 44.4. The van der Waals surface area contributed by atoms with E-state index in [0.29, 0.717) is 34.1 Å². The second kappa shape index (κ2) is 22.4. The van der Waals surface area contributed by atoms with Gasteiger partial charge in [-0.3, -0.25) is 9.59 Å². The number of fused-ring (bicyclic) bond motifs is 1. The standard InChI is InChI=1S/C51H76O2/c1-37(19-13-20-38(2)22-15-24-40(4)26-17-28-42(6)33-35-48-43(7)29-18-36-51(48,9)10)21-14-23-39(3)25-16-27-41(5)32-34-45-44(8)49(52)46-30-11-12-31-47(46)50(45)53/h11-12,20,24,28-32,37,39,48H,13-19,21-23,25-27,33-36H2,1-10H3. The first-order chi connectivity index (χ1) is 25.2. The van der Waals surface area contributed by atoms with Crippen LogP contribution in [0.5, 0.6) is 0 Å². The lowest BCUT2D eigenvalue weighted by Crippen LogP contribution is -2.27. The highest BCUT2D eigenvalue weighted by Gasteiger charge is 2.32. The third-order valence-corrected chi connectivity index (χ3v) is 12.6. The summed E-state index contributed by atoms with van der Waals surface area (Å²) in [5, 5.41) is 0. The molecule has 0 saturated carbocycles. The number of benzene rings is 1.